The molecule has 2 rings (SSSR count). The highest BCUT2D eigenvalue weighted by Gasteiger charge is 2.06. The number of pyridine rings is 1. The second-order valence-corrected chi connectivity index (χ2v) is 4.32. The summed E-state index contributed by atoms with van der Waals surface area (Å²) < 4.78 is 0. The van der Waals surface area contributed by atoms with Crippen LogP contribution in [0.2, 0.25) is 0 Å². The van der Waals surface area contributed by atoms with Gasteiger partial charge in [-0.1, -0.05) is 6.07 Å². The fourth-order valence-corrected chi connectivity index (χ4v) is 1.56. The molecule has 0 unspecified atom stereocenters. The molecule has 8 heteroatoms. The Kier molecular flexibility index (Phi) is 4.61. The average molecular weight is 274 g/mol. The SMILES string of the molecule is CN(C)c1nc(NN)nc(NCCc2ccccn2)n1. The molecule has 20 heavy (non-hydrogen) atoms. The van der Waals surface area contributed by atoms with Crippen molar-refractivity contribution in [2.75, 3.05) is 36.3 Å². The summed E-state index contributed by atoms with van der Waals surface area (Å²) in [5.41, 5.74) is 3.44. The molecule has 0 spiro atoms. The van der Waals surface area contributed by atoms with Crippen LogP contribution in [0.3, 0.4) is 0 Å². The fraction of sp³-hybridized carbons (Fsp3) is 0.333. The molecule has 8 nitrogen and oxygen atoms in total. The Morgan fingerprint density at radius 2 is 1.95 bits per heavy atom. The number of anilines is 3. The Labute approximate surface area is 117 Å². The van der Waals surface area contributed by atoms with E-state index in [4.69, 9.17) is 5.84 Å². The highest BCUT2D eigenvalue weighted by atomic mass is 15.4. The average Bonchev–Trinajstić information content (AvgIpc) is 2.48. The van der Waals surface area contributed by atoms with E-state index in [0.717, 1.165) is 12.1 Å². The van der Waals surface area contributed by atoms with Crippen molar-refractivity contribution < 1.29 is 0 Å². The van der Waals surface area contributed by atoms with Crippen molar-refractivity contribution in [2.24, 2.45) is 5.84 Å². The van der Waals surface area contributed by atoms with E-state index in [1.54, 1.807) is 11.1 Å². The lowest BCUT2D eigenvalue weighted by molar-refractivity contribution is 0.912. The molecule has 0 aromatic carbocycles. The van der Waals surface area contributed by atoms with Crippen LogP contribution >= 0.6 is 0 Å². The van der Waals surface area contributed by atoms with Crippen LogP contribution in [0.15, 0.2) is 24.4 Å². The first-order valence-electron chi connectivity index (χ1n) is 6.23. The summed E-state index contributed by atoms with van der Waals surface area (Å²) in [5, 5.41) is 3.14. The number of nitrogens with two attached hydrogens (primary N) is 1. The predicted molar refractivity (Wildman–Crippen MR) is 78.4 cm³/mol. The Morgan fingerprint density at radius 3 is 2.60 bits per heavy atom. The molecule has 0 amide bonds. The normalized spacial score (nSPS) is 10.2. The highest BCUT2D eigenvalue weighted by molar-refractivity contribution is 5.42. The van der Waals surface area contributed by atoms with Gasteiger partial charge in [-0.2, -0.15) is 15.0 Å². The Morgan fingerprint density at radius 1 is 1.15 bits per heavy atom. The maximum Gasteiger partial charge on any atom is 0.243 e. The minimum Gasteiger partial charge on any atom is -0.354 e. The summed E-state index contributed by atoms with van der Waals surface area (Å²) >= 11 is 0. The van der Waals surface area contributed by atoms with E-state index >= 15 is 0 Å². The van der Waals surface area contributed by atoms with Crippen LogP contribution in [-0.4, -0.2) is 40.6 Å². The van der Waals surface area contributed by atoms with Gasteiger partial charge in [0.05, 0.1) is 0 Å². The topological polar surface area (TPSA) is 105 Å². The molecule has 2 heterocycles. The van der Waals surface area contributed by atoms with Crippen LogP contribution < -0.4 is 21.5 Å². The first kappa shape index (κ1) is 13.9. The summed E-state index contributed by atoms with van der Waals surface area (Å²) in [5.74, 6) is 6.69. The molecule has 0 saturated heterocycles. The molecule has 0 bridgehead atoms. The Bertz CT molecular complexity index is 542. The van der Waals surface area contributed by atoms with Gasteiger partial charge in [0, 0.05) is 39.0 Å². The van der Waals surface area contributed by atoms with Crippen molar-refractivity contribution in [3.05, 3.63) is 30.1 Å². The molecule has 2 aromatic rings. The molecule has 0 atom stereocenters. The zero-order valence-corrected chi connectivity index (χ0v) is 11.5. The van der Waals surface area contributed by atoms with Crippen molar-refractivity contribution in [3.63, 3.8) is 0 Å². The van der Waals surface area contributed by atoms with Gasteiger partial charge in [-0.05, 0) is 12.1 Å². The summed E-state index contributed by atoms with van der Waals surface area (Å²) in [7, 11) is 3.71. The number of nitrogens with zero attached hydrogens (tertiary/aromatic N) is 5. The number of hydrogen-bond acceptors (Lipinski definition) is 8. The van der Waals surface area contributed by atoms with Gasteiger partial charge >= 0.3 is 0 Å². The van der Waals surface area contributed by atoms with E-state index in [9.17, 15) is 0 Å². The third-order valence-corrected chi connectivity index (χ3v) is 2.54. The molecule has 0 aliphatic heterocycles. The van der Waals surface area contributed by atoms with Crippen molar-refractivity contribution in [3.8, 4) is 0 Å². The van der Waals surface area contributed by atoms with E-state index < -0.39 is 0 Å². The number of hydrazine groups is 1. The van der Waals surface area contributed by atoms with Crippen LogP contribution in [0.5, 0.6) is 0 Å². The lowest BCUT2D eigenvalue weighted by Crippen LogP contribution is -2.19. The number of rotatable bonds is 6. The molecule has 2 aromatic heterocycles. The summed E-state index contributed by atoms with van der Waals surface area (Å²) in [6.45, 7) is 0.678. The summed E-state index contributed by atoms with van der Waals surface area (Å²) in [4.78, 5) is 18.6. The van der Waals surface area contributed by atoms with E-state index in [0.29, 0.717) is 24.4 Å². The first-order valence-corrected chi connectivity index (χ1v) is 6.23. The maximum absolute atomic E-state index is 5.35. The van der Waals surface area contributed by atoms with E-state index in [-0.39, 0.29) is 0 Å². The molecule has 0 saturated carbocycles. The number of nitrogen functional groups attached to an aromatic ring is 1. The number of aromatic nitrogens is 4. The number of nitrogens with one attached hydrogen (secondary N) is 2. The molecule has 4 N–H and O–H groups in total. The van der Waals surface area contributed by atoms with Crippen LogP contribution in [-0.2, 0) is 6.42 Å². The smallest absolute Gasteiger partial charge is 0.243 e. The minimum atomic E-state index is 0.323. The van der Waals surface area contributed by atoms with Crippen molar-refractivity contribution in [1.29, 1.82) is 0 Å². The quantitative estimate of drug-likeness (QED) is 0.509. The summed E-state index contributed by atoms with van der Waals surface area (Å²) in [6, 6.07) is 5.84. The van der Waals surface area contributed by atoms with Gasteiger partial charge < -0.3 is 10.2 Å². The zero-order valence-electron chi connectivity index (χ0n) is 11.5. The molecular formula is C12H18N8. The third-order valence-electron chi connectivity index (χ3n) is 2.54. The molecular weight excluding hydrogens is 256 g/mol. The molecule has 0 aliphatic rings. The van der Waals surface area contributed by atoms with E-state index in [2.05, 4.69) is 30.7 Å². The fourth-order valence-electron chi connectivity index (χ4n) is 1.56. The summed E-state index contributed by atoms with van der Waals surface area (Å²) in [6.07, 6.45) is 2.56. The van der Waals surface area contributed by atoms with Gasteiger partial charge in [-0.25, -0.2) is 5.84 Å². The highest BCUT2D eigenvalue weighted by Crippen LogP contribution is 2.10. The first-order chi connectivity index (χ1) is 9.69. The van der Waals surface area contributed by atoms with Crippen LogP contribution in [0.4, 0.5) is 17.8 Å². The van der Waals surface area contributed by atoms with E-state index in [1.165, 1.54) is 0 Å². The molecule has 0 radical (unpaired) electrons. The van der Waals surface area contributed by atoms with Gasteiger partial charge in [-0.15, -0.1) is 0 Å². The molecule has 106 valence electrons. The molecule has 0 aliphatic carbocycles. The van der Waals surface area contributed by atoms with Crippen molar-refractivity contribution in [1.82, 2.24) is 19.9 Å². The van der Waals surface area contributed by atoms with Gasteiger partial charge in [-0.3, -0.25) is 10.4 Å². The number of hydrogen-bond donors (Lipinski definition) is 3. The zero-order chi connectivity index (χ0) is 14.4. The van der Waals surface area contributed by atoms with Crippen LogP contribution in [0, 0.1) is 0 Å². The Hall–Kier alpha value is -2.48. The lowest BCUT2D eigenvalue weighted by atomic mass is 10.3. The van der Waals surface area contributed by atoms with Gasteiger partial charge in [0.2, 0.25) is 17.8 Å². The predicted octanol–water partition coefficient (Wildman–Crippen LogP) is 0.273. The van der Waals surface area contributed by atoms with Gasteiger partial charge in [0.15, 0.2) is 0 Å². The van der Waals surface area contributed by atoms with Gasteiger partial charge in [0.1, 0.15) is 0 Å². The Balaban J connectivity index is 2.00. The van der Waals surface area contributed by atoms with Crippen LogP contribution in [0.25, 0.3) is 0 Å². The standard InChI is InChI=1S/C12H18N8/c1-20(2)12-17-10(16-11(18-12)19-13)15-8-6-9-5-3-4-7-14-9/h3-5,7H,6,8,13H2,1-2H3,(H2,15,16,17,18,19). The largest absolute Gasteiger partial charge is 0.354 e. The second kappa shape index (κ2) is 6.62. The van der Waals surface area contributed by atoms with Gasteiger partial charge in [0.25, 0.3) is 0 Å². The maximum atomic E-state index is 5.35. The minimum absolute atomic E-state index is 0.323. The lowest BCUT2D eigenvalue weighted by Gasteiger charge is -2.13. The van der Waals surface area contributed by atoms with E-state index in [1.807, 2.05) is 32.3 Å². The van der Waals surface area contributed by atoms with Crippen LogP contribution in [0.1, 0.15) is 5.69 Å². The second-order valence-electron chi connectivity index (χ2n) is 4.32. The third kappa shape index (κ3) is 3.75. The van der Waals surface area contributed by atoms with Crippen molar-refractivity contribution in [2.45, 2.75) is 6.42 Å². The van der Waals surface area contributed by atoms with Crippen molar-refractivity contribution >= 4 is 17.8 Å². The molecule has 0 fully saturated rings. The monoisotopic (exact) mass is 274 g/mol.